The third-order valence-corrected chi connectivity index (χ3v) is 8.39. The van der Waals surface area contributed by atoms with E-state index < -0.39 is 0 Å². The average Bonchev–Trinajstić information content (AvgIpc) is 3.55. The van der Waals surface area contributed by atoms with Gasteiger partial charge in [-0.25, -0.2) is 4.98 Å². The molecule has 1 saturated heterocycles. The molecule has 5 rings (SSSR count). The molecule has 1 N–H and O–H groups in total. The predicted octanol–water partition coefficient (Wildman–Crippen LogP) is 4.90. The largest absolute Gasteiger partial charge is 0.497 e. The topological polar surface area (TPSA) is 94.9 Å². The molecule has 2 atom stereocenters. The summed E-state index contributed by atoms with van der Waals surface area (Å²) in [6.07, 6.45) is 2.21. The number of aryl methyl sites for hydroxylation is 2. The number of nitrogens with one attached hydrogen (secondary N) is 1. The summed E-state index contributed by atoms with van der Waals surface area (Å²) in [5.74, 6) is 2.22. The predicted molar refractivity (Wildman–Crippen MR) is 135 cm³/mol. The molecule has 0 radical (unpaired) electrons. The van der Waals surface area contributed by atoms with Crippen molar-refractivity contribution in [1.29, 1.82) is 0 Å². The van der Waals surface area contributed by atoms with Crippen LogP contribution in [0.15, 0.2) is 34.2 Å². The Hall–Kier alpha value is -2.69. The third kappa shape index (κ3) is 4.37. The summed E-state index contributed by atoms with van der Waals surface area (Å²) < 4.78 is 13.3. The first-order valence-electron chi connectivity index (χ1n) is 11.3. The van der Waals surface area contributed by atoms with Crippen molar-refractivity contribution >= 4 is 33.3 Å². The Kier molecular flexibility index (Phi) is 6.46. The van der Waals surface area contributed by atoms with E-state index in [0.29, 0.717) is 17.8 Å². The maximum absolute atomic E-state index is 12.8. The number of nitrogens with zero attached hydrogens (tertiary/aromatic N) is 4. The Bertz CT molecular complexity index is 1370. The molecule has 178 valence electrons. The van der Waals surface area contributed by atoms with Gasteiger partial charge in [0.15, 0.2) is 11.0 Å². The van der Waals surface area contributed by atoms with Gasteiger partial charge in [0.05, 0.1) is 30.4 Å². The van der Waals surface area contributed by atoms with E-state index in [-0.39, 0.29) is 16.9 Å². The third-order valence-electron chi connectivity index (χ3n) is 6.20. The first-order valence-corrected chi connectivity index (χ1v) is 13.0. The van der Waals surface area contributed by atoms with Gasteiger partial charge < -0.3 is 14.5 Å². The van der Waals surface area contributed by atoms with Gasteiger partial charge in [-0.15, -0.1) is 21.5 Å². The van der Waals surface area contributed by atoms with Gasteiger partial charge in [-0.1, -0.05) is 11.8 Å². The quantitative estimate of drug-likeness (QED) is 0.363. The smallest absolute Gasteiger partial charge is 0.259 e. The maximum atomic E-state index is 12.8. The van der Waals surface area contributed by atoms with Crippen molar-refractivity contribution in [2.24, 2.45) is 0 Å². The highest BCUT2D eigenvalue weighted by atomic mass is 32.2. The average molecular weight is 498 g/mol. The molecule has 1 aliphatic rings. The maximum Gasteiger partial charge on any atom is 0.259 e. The zero-order valence-corrected chi connectivity index (χ0v) is 21.3. The molecule has 3 aromatic heterocycles. The van der Waals surface area contributed by atoms with Crippen molar-refractivity contribution in [3.8, 4) is 17.1 Å². The van der Waals surface area contributed by atoms with Crippen LogP contribution in [0.1, 0.15) is 41.3 Å². The summed E-state index contributed by atoms with van der Waals surface area (Å²) >= 11 is 3.10. The lowest BCUT2D eigenvalue weighted by Gasteiger charge is -2.16. The lowest BCUT2D eigenvalue weighted by molar-refractivity contribution is 0.0953. The van der Waals surface area contributed by atoms with Crippen LogP contribution in [0.3, 0.4) is 0 Å². The molecule has 1 aromatic carbocycles. The standard InChI is InChI=1S/C24H27N5O3S2/c1-13-14(2)33-23-19(13)22(30)25-20(26-23)15(3)34-24-28-27-21(16-7-9-17(31-4)10-8-16)29(24)12-18-6-5-11-32-18/h7-10,15,18H,5-6,11-12H2,1-4H3,(H,25,26,30)/t15-,18+/m1/s1. The van der Waals surface area contributed by atoms with Crippen molar-refractivity contribution in [3.05, 3.63) is 50.9 Å². The van der Waals surface area contributed by atoms with E-state index in [4.69, 9.17) is 14.5 Å². The molecule has 0 bridgehead atoms. The normalized spacial score (nSPS) is 16.9. The molecule has 10 heteroatoms. The fourth-order valence-electron chi connectivity index (χ4n) is 4.16. The number of hydrogen-bond donors (Lipinski definition) is 1. The molecule has 0 amide bonds. The van der Waals surface area contributed by atoms with Crippen LogP contribution < -0.4 is 10.3 Å². The van der Waals surface area contributed by atoms with E-state index in [1.807, 2.05) is 45.0 Å². The number of thioether (sulfide) groups is 1. The molecule has 0 unspecified atom stereocenters. The molecule has 4 heterocycles. The van der Waals surface area contributed by atoms with Crippen LogP contribution in [0.4, 0.5) is 0 Å². The first kappa shape index (κ1) is 23.1. The summed E-state index contributed by atoms with van der Waals surface area (Å²) in [7, 11) is 1.65. The number of thiophene rings is 1. The zero-order chi connectivity index (χ0) is 23.8. The highest BCUT2D eigenvalue weighted by Crippen LogP contribution is 2.36. The van der Waals surface area contributed by atoms with Gasteiger partial charge in [-0.2, -0.15) is 0 Å². The number of hydrogen-bond acceptors (Lipinski definition) is 8. The number of fused-ring (bicyclic) bond motifs is 1. The van der Waals surface area contributed by atoms with Crippen LogP contribution in [0.5, 0.6) is 5.75 Å². The number of benzene rings is 1. The minimum atomic E-state index is -0.115. The Balaban J connectivity index is 1.48. The van der Waals surface area contributed by atoms with E-state index in [0.717, 1.165) is 57.0 Å². The van der Waals surface area contributed by atoms with Crippen LogP contribution in [-0.4, -0.2) is 44.6 Å². The van der Waals surface area contributed by atoms with Gasteiger partial charge in [0.2, 0.25) is 0 Å². The summed E-state index contributed by atoms with van der Waals surface area (Å²) in [4.78, 5) is 22.4. The SMILES string of the molecule is COc1ccc(-c2nnc(S[C@H](C)c3nc4sc(C)c(C)c4c(=O)[nH]3)n2C[C@@H]2CCCO2)cc1. The highest BCUT2D eigenvalue weighted by Gasteiger charge is 2.24. The minimum Gasteiger partial charge on any atom is -0.497 e. The van der Waals surface area contributed by atoms with Crippen LogP contribution in [0, 0.1) is 13.8 Å². The monoisotopic (exact) mass is 497 g/mol. The van der Waals surface area contributed by atoms with Gasteiger partial charge >= 0.3 is 0 Å². The van der Waals surface area contributed by atoms with E-state index in [9.17, 15) is 4.79 Å². The number of H-pyrrole nitrogens is 1. The van der Waals surface area contributed by atoms with Crippen LogP contribution in [-0.2, 0) is 11.3 Å². The van der Waals surface area contributed by atoms with Gasteiger partial charge in [0.1, 0.15) is 16.4 Å². The Morgan fingerprint density at radius 2 is 2.09 bits per heavy atom. The number of methoxy groups -OCH3 is 1. The lowest BCUT2D eigenvalue weighted by atomic mass is 10.2. The first-order chi connectivity index (χ1) is 16.4. The Morgan fingerprint density at radius 1 is 1.29 bits per heavy atom. The molecule has 1 aliphatic heterocycles. The molecule has 34 heavy (non-hydrogen) atoms. The molecular weight excluding hydrogens is 470 g/mol. The van der Waals surface area contributed by atoms with Gasteiger partial charge in [0.25, 0.3) is 5.56 Å². The summed E-state index contributed by atoms with van der Waals surface area (Å²) in [6.45, 7) is 7.48. The summed E-state index contributed by atoms with van der Waals surface area (Å²) in [6, 6.07) is 7.82. The number of rotatable bonds is 7. The fraction of sp³-hybridized carbons (Fsp3) is 0.417. The number of aromatic nitrogens is 5. The fourth-order valence-corrected chi connectivity index (χ4v) is 6.12. The second kappa shape index (κ2) is 9.52. The molecule has 0 aliphatic carbocycles. The van der Waals surface area contributed by atoms with Crippen molar-refractivity contribution in [2.75, 3.05) is 13.7 Å². The van der Waals surface area contributed by atoms with Crippen molar-refractivity contribution in [1.82, 2.24) is 24.7 Å². The van der Waals surface area contributed by atoms with Crippen molar-refractivity contribution in [2.45, 2.75) is 56.7 Å². The Morgan fingerprint density at radius 3 is 2.79 bits per heavy atom. The number of ether oxygens (including phenoxy) is 2. The van der Waals surface area contributed by atoms with Crippen LogP contribution in [0.2, 0.25) is 0 Å². The second-order valence-electron chi connectivity index (χ2n) is 8.45. The van der Waals surface area contributed by atoms with Crippen molar-refractivity contribution < 1.29 is 9.47 Å². The second-order valence-corrected chi connectivity index (χ2v) is 11.0. The molecule has 1 fully saturated rings. The van der Waals surface area contributed by atoms with E-state index >= 15 is 0 Å². The summed E-state index contributed by atoms with van der Waals surface area (Å²) in [5.41, 5.74) is 1.87. The molecular formula is C24H27N5O3S2. The van der Waals surface area contributed by atoms with E-state index in [2.05, 4.69) is 19.7 Å². The van der Waals surface area contributed by atoms with E-state index in [1.54, 1.807) is 18.4 Å². The summed E-state index contributed by atoms with van der Waals surface area (Å²) in [5, 5.41) is 10.4. The van der Waals surface area contributed by atoms with Crippen LogP contribution in [0.25, 0.3) is 21.6 Å². The number of aromatic amines is 1. The van der Waals surface area contributed by atoms with Gasteiger partial charge in [0, 0.05) is 17.0 Å². The lowest BCUT2D eigenvalue weighted by Crippen LogP contribution is -2.17. The molecule has 0 spiro atoms. The van der Waals surface area contributed by atoms with Crippen LogP contribution >= 0.6 is 23.1 Å². The van der Waals surface area contributed by atoms with Gasteiger partial charge in [-0.3, -0.25) is 9.36 Å². The molecule has 0 saturated carbocycles. The highest BCUT2D eigenvalue weighted by molar-refractivity contribution is 7.99. The molecule has 8 nitrogen and oxygen atoms in total. The van der Waals surface area contributed by atoms with Crippen molar-refractivity contribution in [3.63, 3.8) is 0 Å². The Labute approximate surface area is 205 Å². The zero-order valence-electron chi connectivity index (χ0n) is 19.6. The molecule has 4 aromatic rings. The van der Waals surface area contributed by atoms with E-state index in [1.165, 1.54) is 11.8 Å². The van der Waals surface area contributed by atoms with Gasteiger partial charge in [-0.05, 0) is 63.4 Å². The minimum absolute atomic E-state index is 0.0888.